The number of rotatable bonds is 4. The van der Waals surface area contributed by atoms with Crippen LogP contribution in [0.5, 0.6) is 0 Å². The molecule has 0 aliphatic carbocycles. The molecule has 1 fully saturated rings. The fourth-order valence-corrected chi connectivity index (χ4v) is 3.77. The normalized spacial score (nSPS) is 15.3. The van der Waals surface area contributed by atoms with Crippen LogP contribution >= 0.6 is 22.9 Å². The number of amides is 1. The van der Waals surface area contributed by atoms with Crippen LogP contribution in [0.4, 0.5) is 0 Å². The number of nitrogens with zero attached hydrogens (tertiary/aromatic N) is 6. The summed E-state index contributed by atoms with van der Waals surface area (Å²) >= 11 is 7.43. The maximum absolute atomic E-state index is 12.4. The molecule has 1 aromatic carbocycles. The Balaban J connectivity index is 1.39. The van der Waals surface area contributed by atoms with E-state index in [1.807, 2.05) is 46.7 Å². The van der Waals surface area contributed by atoms with Crippen LogP contribution in [-0.4, -0.2) is 62.1 Å². The molecule has 1 amide bonds. The summed E-state index contributed by atoms with van der Waals surface area (Å²) in [6.45, 7) is 3.64. The smallest absolute Gasteiger partial charge is 0.264 e. The van der Waals surface area contributed by atoms with E-state index in [9.17, 15) is 4.79 Å². The number of thiophene rings is 1. The zero-order valence-electron chi connectivity index (χ0n) is 14.0. The van der Waals surface area contributed by atoms with Crippen LogP contribution in [0.2, 0.25) is 5.02 Å². The summed E-state index contributed by atoms with van der Waals surface area (Å²) in [7, 11) is 0. The van der Waals surface area contributed by atoms with Gasteiger partial charge in [-0.1, -0.05) is 17.7 Å². The molecule has 0 bridgehead atoms. The van der Waals surface area contributed by atoms with Gasteiger partial charge >= 0.3 is 0 Å². The Morgan fingerprint density at radius 1 is 1.12 bits per heavy atom. The summed E-state index contributed by atoms with van der Waals surface area (Å²) in [4.78, 5) is 17.4. The van der Waals surface area contributed by atoms with Gasteiger partial charge in [0, 0.05) is 31.2 Å². The monoisotopic (exact) mass is 388 g/mol. The Bertz CT molecular complexity index is 871. The van der Waals surface area contributed by atoms with Gasteiger partial charge in [-0.2, -0.15) is 4.68 Å². The minimum absolute atomic E-state index is 0.116. The molecule has 3 heterocycles. The predicted octanol–water partition coefficient (Wildman–Crippen LogP) is 2.34. The number of carbonyl (C=O) groups is 1. The molecule has 4 rings (SSSR count). The van der Waals surface area contributed by atoms with Gasteiger partial charge in [0.05, 0.1) is 17.1 Å². The quantitative estimate of drug-likeness (QED) is 0.686. The summed E-state index contributed by atoms with van der Waals surface area (Å²) in [5, 5.41) is 14.6. The summed E-state index contributed by atoms with van der Waals surface area (Å²) in [5.74, 6) is 0.885. The summed E-state index contributed by atoms with van der Waals surface area (Å²) in [6.07, 6.45) is 0. The number of carbonyl (C=O) groups excluding carboxylic acids is 1. The summed E-state index contributed by atoms with van der Waals surface area (Å²) in [5.41, 5.74) is 0.876. The molecule has 26 heavy (non-hydrogen) atoms. The first-order valence-corrected chi connectivity index (χ1v) is 9.55. The molecule has 0 radical (unpaired) electrons. The highest BCUT2D eigenvalue weighted by atomic mass is 35.5. The van der Waals surface area contributed by atoms with Crippen molar-refractivity contribution >= 4 is 28.8 Å². The van der Waals surface area contributed by atoms with Gasteiger partial charge in [-0.05, 0) is 46.1 Å². The van der Waals surface area contributed by atoms with Gasteiger partial charge in [0.2, 0.25) is 0 Å². The van der Waals surface area contributed by atoms with Crippen molar-refractivity contribution in [1.29, 1.82) is 0 Å². The molecule has 0 atom stereocenters. The predicted molar refractivity (Wildman–Crippen MR) is 99.7 cm³/mol. The zero-order chi connectivity index (χ0) is 17.9. The molecule has 2 aromatic heterocycles. The SMILES string of the molecule is O=C(c1cccs1)N1CCN(Cc2nnnn2-c2ccc(Cl)cc2)CC1. The van der Waals surface area contributed by atoms with Crippen LogP contribution in [0, 0.1) is 0 Å². The van der Waals surface area contributed by atoms with E-state index in [4.69, 9.17) is 11.6 Å². The second kappa shape index (κ2) is 7.53. The highest BCUT2D eigenvalue weighted by Crippen LogP contribution is 2.16. The number of piperazine rings is 1. The zero-order valence-corrected chi connectivity index (χ0v) is 15.5. The van der Waals surface area contributed by atoms with Crippen LogP contribution in [0.1, 0.15) is 15.5 Å². The Labute approximate surface area is 159 Å². The van der Waals surface area contributed by atoms with E-state index in [2.05, 4.69) is 20.4 Å². The van der Waals surface area contributed by atoms with Crippen molar-refractivity contribution in [1.82, 2.24) is 30.0 Å². The van der Waals surface area contributed by atoms with Crippen LogP contribution in [0.15, 0.2) is 41.8 Å². The lowest BCUT2D eigenvalue weighted by molar-refractivity contribution is 0.0629. The lowest BCUT2D eigenvalue weighted by Gasteiger charge is -2.34. The number of aromatic nitrogens is 4. The van der Waals surface area contributed by atoms with E-state index in [1.54, 1.807) is 4.68 Å². The van der Waals surface area contributed by atoms with Crippen molar-refractivity contribution in [3.8, 4) is 5.69 Å². The molecular weight excluding hydrogens is 372 g/mol. The Kier molecular flexibility index (Phi) is 4.96. The molecule has 0 N–H and O–H groups in total. The maximum Gasteiger partial charge on any atom is 0.264 e. The van der Waals surface area contributed by atoms with Crippen molar-refractivity contribution in [2.24, 2.45) is 0 Å². The number of benzene rings is 1. The molecule has 0 unspecified atom stereocenters. The Morgan fingerprint density at radius 2 is 1.88 bits per heavy atom. The van der Waals surface area contributed by atoms with Gasteiger partial charge in [-0.15, -0.1) is 16.4 Å². The summed E-state index contributed by atoms with van der Waals surface area (Å²) in [6, 6.07) is 11.2. The third-order valence-corrected chi connectivity index (χ3v) is 5.47. The molecule has 3 aromatic rings. The second-order valence-electron chi connectivity index (χ2n) is 6.03. The number of hydrogen-bond donors (Lipinski definition) is 0. The van der Waals surface area contributed by atoms with Gasteiger partial charge in [0.1, 0.15) is 0 Å². The molecule has 1 saturated heterocycles. The van der Waals surface area contributed by atoms with Crippen molar-refractivity contribution in [2.45, 2.75) is 6.54 Å². The van der Waals surface area contributed by atoms with Gasteiger partial charge in [-0.3, -0.25) is 9.69 Å². The molecule has 0 saturated carbocycles. The third-order valence-electron chi connectivity index (χ3n) is 4.36. The molecule has 1 aliphatic rings. The maximum atomic E-state index is 12.4. The largest absolute Gasteiger partial charge is 0.335 e. The molecule has 9 heteroatoms. The fourth-order valence-electron chi connectivity index (χ4n) is 2.95. The van der Waals surface area contributed by atoms with Crippen molar-refractivity contribution in [3.05, 3.63) is 57.5 Å². The van der Waals surface area contributed by atoms with Gasteiger partial charge < -0.3 is 4.90 Å². The molecular formula is C17H17ClN6OS. The van der Waals surface area contributed by atoms with Crippen molar-refractivity contribution in [2.75, 3.05) is 26.2 Å². The fraction of sp³-hybridized carbons (Fsp3) is 0.294. The van der Waals surface area contributed by atoms with E-state index in [0.29, 0.717) is 24.7 Å². The summed E-state index contributed by atoms with van der Waals surface area (Å²) < 4.78 is 1.72. The van der Waals surface area contributed by atoms with E-state index in [1.165, 1.54) is 11.3 Å². The van der Waals surface area contributed by atoms with E-state index >= 15 is 0 Å². The number of tetrazole rings is 1. The standard InChI is InChI=1S/C17H17ClN6OS/c18-13-3-5-14(6-4-13)24-16(19-20-21-24)12-22-7-9-23(10-8-22)17(25)15-2-1-11-26-15/h1-6,11H,7-10,12H2. The van der Waals surface area contributed by atoms with Crippen LogP contribution in [0.25, 0.3) is 5.69 Å². The van der Waals surface area contributed by atoms with E-state index < -0.39 is 0 Å². The number of hydrogen-bond acceptors (Lipinski definition) is 6. The lowest BCUT2D eigenvalue weighted by Crippen LogP contribution is -2.48. The molecule has 1 aliphatic heterocycles. The van der Waals surface area contributed by atoms with E-state index in [-0.39, 0.29) is 5.91 Å². The average molecular weight is 389 g/mol. The van der Waals surface area contributed by atoms with Gasteiger partial charge in [-0.25, -0.2) is 0 Å². The average Bonchev–Trinajstić information content (AvgIpc) is 3.35. The first-order valence-electron chi connectivity index (χ1n) is 8.29. The van der Waals surface area contributed by atoms with Gasteiger partial charge in [0.25, 0.3) is 5.91 Å². The van der Waals surface area contributed by atoms with Crippen LogP contribution in [0.3, 0.4) is 0 Å². The highest BCUT2D eigenvalue weighted by molar-refractivity contribution is 7.12. The van der Waals surface area contributed by atoms with Crippen LogP contribution in [-0.2, 0) is 6.54 Å². The minimum Gasteiger partial charge on any atom is -0.335 e. The first kappa shape index (κ1) is 17.1. The van der Waals surface area contributed by atoms with E-state index in [0.717, 1.165) is 29.5 Å². The molecule has 134 valence electrons. The minimum atomic E-state index is 0.116. The molecule has 0 spiro atoms. The van der Waals surface area contributed by atoms with Crippen molar-refractivity contribution in [3.63, 3.8) is 0 Å². The second-order valence-corrected chi connectivity index (χ2v) is 7.41. The lowest BCUT2D eigenvalue weighted by atomic mass is 10.3. The first-order chi connectivity index (χ1) is 12.7. The Hall–Kier alpha value is -2.29. The van der Waals surface area contributed by atoms with Crippen molar-refractivity contribution < 1.29 is 4.79 Å². The third kappa shape index (κ3) is 3.62. The van der Waals surface area contributed by atoms with Crippen LogP contribution < -0.4 is 0 Å². The van der Waals surface area contributed by atoms with Gasteiger partial charge in [0.15, 0.2) is 5.82 Å². The Morgan fingerprint density at radius 3 is 2.58 bits per heavy atom. The molecule has 7 nitrogen and oxygen atoms in total. The highest BCUT2D eigenvalue weighted by Gasteiger charge is 2.24. The topological polar surface area (TPSA) is 67.2 Å². The number of halogens is 1.